The quantitative estimate of drug-likeness (QED) is 0.769. The van der Waals surface area contributed by atoms with Crippen molar-refractivity contribution in [2.45, 2.75) is 65.8 Å². The summed E-state index contributed by atoms with van der Waals surface area (Å²) in [6.45, 7) is 12.3. The van der Waals surface area contributed by atoms with Crippen LogP contribution in [0.25, 0.3) is 0 Å². The maximum absolute atomic E-state index is 13.1. The van der Waals surface area contributed by atoms with Crippen molar-refractivity contribution < 1.29 is 23.9 Å². The summed E-state index contributed by atoms with van der Waals surface area (Å²) in [4.78, 5) is 41.1. The molecule has 2 rings (SSSR count). The molecule has 8 heteroatoms. The van der Waals surface area contributed by atoms with Gasteiger partial charge in [-0.05, 0) is 39.2 Å². The average molecular weight is 434 g/mol. The third-order valence-corrected chi connectivity index (χ3v) is 4.98. The maximum Gasteiger partial charge on any atom is 0.410 e. The summed E-state index contributed by atoms with van der Waals surface area (Å²) in [6.07, 6.45) is -1.01. The molecule has 0 unspecified atom stereocenters. The number of carbonyl (C=O) groups is 3. The molecule has 1 N–H and O–H groups in total. The Labute approximate surface area is 184 Å². The van der Waals surface area contributed by atoms with E-state index in [2.05, 4.69) is 5.32 Å². The highest BCUT2D eigenvalue weighted by molar-refractivity contribution is 5.86. The monoisotopic (exact) mass is 433 g/mol. The number of hydrogen-bond acceptors (Lipinski definition) is 5. The highest BCUT2D eigenvalue weighted by Crippen LogP contribution is 2.16. The topological polar surface area (TPSA) is 88.2 Å². The lowest BCUT2D eigenvalue weighted by Gasteiger charge is -2.40. The summed E-state index contributed by atoms with van der Waals surface area (Å²) >= 11 is 0. The first-order valence-electron chi connectivity index (χ1n) is 10.7. The molecule has 1 aliphatic heterocycles. The zero-order valence-corrected chi connectivity index (χ0v) is 19.4. The minimum absolute atomic E-state index is 0.107. The lowest BCUT2D eigenvalue weighted by Crippen LogP contribution is -2.60. The summed E-state index contributed by atoms with van der Waals surface area (Å²) in [5.41, 5.74) is 0.278. The van der Waals surface area contributed by atoms with Gasteiger partial charge in [0.25, 0.3) is 0 Å². The number of nitrogens with zero attached hydrogens (tertiary/aromatic N) is 2. The zero-order valence-electron chi connectivity index (χ0n) is 19.4. The fraction of sp³-hybridized carbons (Fsp3) is 0.609. The van der Waals surface area contributed by atoms with E-state index in [9.17, 15) is 14.4 Å². The van der Waals surface area contributed by atoms with E-state index >= 15 is 0 Å². The van der Waals surface area contributed by atoms with Gasteiger partial charge in [-0.3, -0.25) is 4.79 Å². The van der Waals surface area contributed by atoms with Gasteiger partial charge in [0, 0.05) is 25.7 Å². The number of ether oxygens (including phenoxy) is 2. The maximum atomic E-state index is 13.1. The van der Waals surface area contributed by atoms with Crippen molar-refractivity contribution in [3.05, 3.63) is 35.9 Å². The van der Waals surface area contributed by atoms with Gasteiger partial charge in [0.05, 0.1) is 0 Å². The molecule has 1 aliphatic rings. The van der Waals surface area contributed by atoms with Gasteiger partial charge in [0.15, 0.2) is 0 Å². The zero-order chi connectivity index (χ0) is 23.2. The lowest BCUT2D eigenvalue weighted by molar-refractivity contribution is -0.137. The summed E-state index contributed by atoms with van der Waals surface area (Å²) < 4.78 is 10.7. The Hall–Kier alpha value is -2.77. The number of hydrogen-bond donors (Lipinski definition) is 1. The minimum Gasteiger partial charge on any atom is -0.445 e. The molecule has 0 bridgehead atoms. The van der Waals surface area contributed by atoms with Gasteiger partial charge < -0.3 is 24.6 Å². The third kappa shape index (κ3) is 7.45. The molecular formula is C23H35N3O5. The fourth-order valence-electron chi connectivity index (χ4n) is 3.38. The first-order chi connectivity index (χ1) is 14.5. The number of benzene rings is 1. The van der Waals surface area contributed by atoms with Crippen LogP contribution in [0.4, 0.5) is 9.59 Å². The highest BCUT2D eigenvalue weighted by atomic mass is 16.6. The van der Waals surface area contributed by atoms with E-state index in [-0.39, 0.29) is 24.5 Å². The van der Waals surface area contributed by atoms with E-state index in [0.29, 0.717) is 19.6 Å². The third-order valence-electron chi connectivity index (χ3n) is 4.98. The van der Waals surface area contributed by atoms with E-state index in [4.69, 9.17) is 9.47 Å². The number of nitrogens with one attached hydrogen (secondary N) is 1. The van der Waals surface area contributed by atoms with E-state index in [1.165, 1.54) is 0 Å². The predicted molar refractivity (Wildman–Crippen MR) is 117 cm³/mol. The number of carbonyl (C=O) groups excluding carboxylic acids is 3. The van der Waals surface area contributed by atoms with E-state index in [1.54, 1.807) is 30.6 Å². The molecule has 0 aromatic heterocycles. The van der Waals surface area contributed by atoms with E-state index < -0.39 is 23.8 Å². The van der Waals surface area contributed by atoms with Gasteiger partial charge in [-0.1, -0.05) is 44.2 Å². The van der Waals surface area contributed by atoms with Crippen molar-refractivity contribution >= 4 is 18.1 Å². The summed E-state index contributed by atoms with van der Waals surface area (Å²) in [6, 6.07) is 8.60. The molecule has 3 amide bonds. The SMILES string of the molecule is CC(C)[C@H](NC(=O)OC(C)(C)C)C(=O)N1CCN(C(=O)OCc2ccccc2)[C@H](C)C1. The number of piperazine rings is 1. The Morgan fingerprint density at radius 3 is 2.32 bits per heavy atom. The van der Waals surface area contributed by atoms with Crippen LogP contribution in [-0.2, 0) is 20.9 Å². The molecule has 1 heterocycles. The van der Waals surface area contributed by atoms with Crippen molar-refractivity contribution in [2.24, 2.45) is 5.92 Å². The van der Waals surface area contributed by atoms with Gasteiger partial charge in [-0.15, -0.1) is 0 Å². The molecule has 0 radical (unpaired) electrons. The van der Waals surface area contributed by atoms with Gasteiger partial charge in [-0.2, -0.15) is 0 Å². The highest BCUT2D eigenvalue weighted by Gasteiger charge is 2.35. The van der Waals surface area contributed by atoms with Crippen LogP contribution in [0.3, 0.4) is 0 Å². The number of rotatable bonds is 5. The molecule has 31 heavy (non-hydrogen) atoms. The second kappa shape index (κ2) is 10.5. The van der Waals surface area contributed by atoms with Crippen LogP contribution < -0.4 is 5.32 Å². The van der Waals surface area contributed by atoms with Crippen molar-refractivity contribution in [2.75, 3.05) is 19.6 Å². The van der Waals surface area contributed by atoms with Crippen LogP contribution in [0.2, 0.25) is 0 Å². The normalized spacial score (nSPS) is 17.8. The first kappa shape index (κ1) is 24.5. The molecular weight excluding hydrogens is 398 g/mol. The fourth-order valence-corrected chi connectivity index (χ4v) is 3.38. The molecule has 1 fully saturated rings. The molecule has 172 valence electrons. The van der Waals surface area contributed by atoms with Crippen molar-refractivity contribution in [3.8, 4) is 0 Å². The molecule has 0 saturated carbocycles. The van der Waals surface area contributed by atoms with Gasteiger partial charge in [0.1, 0.15) is 18.2 Å². The Kier molecular flexibility index (Phi) is 8.30. The molecule has 0 aliphatic carbocycles. The van der Waals surface area contributed by atoms with Crippen LogP contribution in [0, 0.1) is 5.92 Å². The molecule has 0 spiro atoms. The van der Waals surface area contributed by atoms with Gasteiger partial charge in [-0.25, -0.2) is 9.59 Å². The van der Waals surface area contributed by atoms with Crippen LogP contribution in [0.5, 0.6) is 0 Å². The van der Waals surface area contributed by atoms with Crippen LogP contribution in [0.1, 0.15) is 47.1 Å². The second-order valence-electron chi connectivity index (χ2n) is 9.23. The average Bonchev–Trinajstić information content (AvgIpc) is 2.69. The molecule has 2 atom stereocenters. The van der Waals surface area contributed by atoms with Crippen molar-refractivity contribution in [3.63, 3.8) is 0 Å². The smallest absolute Gasteiger partial charge is 0.410 e. The molecule has 1 aromatic carbocycles. The van der Waals surface area contributed by atoms with Gasteiger partial charge in [0.2, 0.25) is 5.91 Å². The molecule has 1 saturated heterocycles. The first-order valence-corrected chi connectivity index (χ1v) is 10.7. The van der Waals surface area contributed by atoms with Crippen LogP contribution in [0.15, 0.2) is 30.3 Å². The van der Waals surface area contributed by atoms with Crippen LogP contribution in [-0.4, -0.2) is 65.2 Å². The Balaban J connectivity index is 1.92. The Morgan fingerprint density at radius 1 is 1.13 bits per heavy atom. The second-order valence-corrected chi connectivity index (χ2v) is 9.23. The largest absolute Gasteiger partial charge is 0.445 e. The van der Waals surface area contributed by atoms with Crippen LogP contribution >= 0.6 is 0 Å². The number of alkyl carbamates (subject to hydrolysis) is 1. The minimum atomic E-state index is -0.696. The van der Waals surface area contributed by atoms with Crippen molar-refractivity contribution in [1.82, 2.24) is 15.1 Å². The number of amides is 3. The molecule has 8 nitrogen and oxygen atoms in total. The summed E-state index contributed by atoms with van der Waals surface area (Å²) in [7, 11) is 0. The summed E-state index contributed by atoms with van der Waals surface area (Å²) in [5.74, 6) is -0.283. The predicted octanol–water partition coefficient (Wildman–Crippen LogP) is 3.41. The van der Waals surface area contributed by atoms with E-state index in [1.807, 2.05) is 51.1 Å². The molecule has 1 aromatic rings. The van der Waals surface area contributed by atoms with Crippen molar-refractivity contribution in [1.29, 1.82) is 0 Å². The van der Waals surface area contributed by atoms with Gasteiger partial charge >= 0.3 is 12.2 Å². The summed E-state index contributed by atoms with van der Waals surface area (Å²) in [5, 5.41) is 2.70. The standard InChI is InChI=1S/C23H35N3O5/c1-16(2)19(24-21(28)31-23(4,5)6)20(27)25-12-13-26(17(3)14-25)22(29)30-15-18-10-8-7-9-11-18/h7-11,16-17,19H,12-15H2,1-6H3,(H,24,28)/t17-,19+/m1/s1. The Bertz CT molecular complexity index is 760. The lowest BCUT2D eigenvalue weighted by atomic mass is 10.0. The van der Waals surface area contributed by atoms with E-state index in [0.717, 1.165) is 5.56 Å². The Morgan fingerprint density at radius 2 is 1.77 bits per heavy atom.